The van der Waals surface area contributed by atoms with Crippen molar-refractivity contribution in [3.63, 3.8) is 0 Å². The fraction of sp³-hybridized carbons (Fsp3) is 0.321. The van der Waals surface area contributed by atoms with Crippen LogP contribution in [0.1, 0.15) is 43.4 Å². The van der Waals surface area contributed by atoms with Gasteiger partial charge in [-0.25, -0.2) is 8.42 Å². The van der Waals surface area contributed by atoms with E-state index in [0.29, 0.717) is 10.4 Å². The van der Waals surface area contributed by atoms with Gasteiger partial charge in [0.15, 0.2) is 0 Å². The number of piperidine rings is 1. The quantitative estimate of drug-likeness (QED) is 0.334. The largest absolute Gasteiger partial charge is 0.416 e. The molecule has 3 aromatic rings. The molecule has 0 spiro atoms. The molecule has 4 rings (SSSR count). The zero-order valence-corrected chi connectivity index (χ0v) is 22.9. The minimum atomic E-state index is -4.74. The number of nitrogens with zero attached hydrogens (tertiary/aromatic N) is 2. The summed E-state index contributed by atoms with van der Waals surface area (Å²) >= 11 is 6.19. The lowest BCUT2D eigenvalue weighted by Gasteiger charge is -2.29. The maximum atomic E-state index is 13.5. The Bertz CT molecular complexity index is 1400. The number of carbonyl (C=O) groups excluding carboxylic acids is 1. The number of anilines is 2. The zero-order valence-electron chi connectivity index (χ0n) is 21.3. The summed E-state index contributed by atoms with van der Waals surface area (Å²) in [6.07, 6.45) is -1.22. The van der Waals surface area contributed by atoms with Gasteiger partial charge in [0, 0.05) is 18.8 Å². The molecule has 0 aromatic heterocycles. The monoisotopic (exact) mass is 579 g/mol. The molecule has 0 aliphatic carbocycles. The normalized spacial score (nSPS) is 15.1. The summed E-state index contributed by atoms with van der Waals surface area (Å²) in [6.45, 7) is 2.97. The van der Waals surface area contributed by atoms with E-state index in [9.17, 15) is 26.4 Å². The Balaban J connectivity index is 1.58. The first-order valence-electron chi connectivity index (χ1n) is 12.6. The van der Waals surface area contributed by atoms with Crippen LogP contribution in [-0.4, -0.2) is 34.0 Å². The summed E-state index contributed by atoms with van der Waals surface area (Å²) in [5, 5.41) is 2.52. The molecule has 1 aliphatic rings. The Morgan fingerprint density at radius 2 is 1.64 bits per heavy atom. The highest BCUT2D eigenvalue weighted by Gasteiger charge is 2.34. The van der Waals surface area contributed by atoms with Gasteiger partial charge < -0.3 is 10.2 Å². The van der Waals surface area contributed by atoms with Crippen molar-refractivity contribution in [2.75, 3.05) is 28.8 Å². The van der Waals surface area contributed by atoms with Gasteiger partial charge in [-0.05, 0) is 74.2 Å². The lowest BCUT2D eigenvalue weighted by Crippen LogP contribution is -2.41. The predicted octanol–water partition coefficient (Wildman–Crippen LogP) is 6.42. The second-order valence-corrected chi connectivity index (χ2v) is 11.7. The molecular formula is C28H29ClF3N3O3S. The summed E-state index contributed by atoms with van der Waals surface area (Å²) in [5.41, 5.74) is 0.372. The van der Waals surface area contributed by atoms with Crippen molar-refractivity contribution in [1.29, 1.82) is 0 Å². The number of sulfonamides is 1. The summed E-state index contributed by atoms with van der Waals surface area (Å²) in [4.78, 5) is 15.2. The van der Waals surface area contributed by atoms with E-state index in [2.05, 4.69) is 10.2 Å². The summed E-state index contributed by atoms with van der Waals surface area (Å²) < 4.78 is 68.0. The average Bonchev–Trinajstić information content (AvgIpc) is 2.92. The van der Waals surface area contributed by atoms with Crippen molar-refractivity contribution < 1.29 is 26.4 Å². The first kappa shape index (κ1) is 28.8. The number of hydrogen-bond acceptors (Lipinski definition) is 4. The summed E-state index contributed by atoms with van der Waals surface area (Å²) in [7, 11) is -4.44. The van der Waals surface area contributed by atoms with Crippen LogP contribution >= 0.6 is 11.6 Å². The SMILES string of the molecule is CC(NC(=O)CN(c1cc(C(F)(F)F)ccc1Cl)S(=O)(=O)c1ccccc1)c1ccc(N2CCCCC2)cc1. The third kappa shape index (κ3) is 6.86. The maximum absolute atomic E-state index is 13.5. The van der Waals surface area contributed by atoms with Gasteiger partial charge in [-0.15, -0.1) is 0 Å². The summed E-state index contributed by atoms with van der Waals surface area (Å²) in [6, 6.07) is 16.8. The van der Waals surface area contributed by atoms with Crippen molar-refractivity contribution in [2.45, 2.75) is 43.3 Å². The maximum Gasteiger partial charge on any atom is 0.416 e. The Morgan fingerprint density at radius 1 is 1.00 bits per heavy atom. The van der Waals surface area contributed by atoms with Crippen LogP contribution in [0.25, 0.3) is 0 Å². The van der Waals surface area contributed by atoms with E-state index in [1.807, 2.05) is 24.3 Å². The minimum absolute atomic E-state index is 0.187. The molecule has 1 N–H and O–H groups in total. The molecule has 39 heavy (non-hydrogen) atoms. The number of benzene rings is 3. The predicted molar refractivity (Wildman–Crippen MR) is 146 cm³/mol. The first-order chi connectivity index (χ1) is 18.5. The molecule has 208 valence electrons. The van der Waals surface area contributed by atoms with Crippen molar-refractivity contribution >= 4 is 38.9 Å². The van der Waals surface area contributed by atoms with Gasteiger partial charge in [0.25, 0.3) is 10.0 Å². The van der Waals surface area contributed by atoms with E-state index in [1.54, 1.807) is 13.0 Å². The van der Waals surface area contributed by atoms with Gasteiger partial charge in [0.1, 0.15) is 6.54 Å². The molecule has 1 aliphatic heterocycles. The van der Waals surface area contributed by atoms with Crippen LogP contribution in [0.5, 0.6) is 0 Å². The van der Waals surface area contributed by atoms with Crippen LogP contribution in [0.15, 0.2) is 77.7 Å². The smallest absolute Gasteiger partial charge is 0.372 e. The highest BCUT2D eigenvalue weighted by molar-refractivity contribution is 7.92. The van der Waals surface area contributed by atoms with Crippen LogP contribution in [0, 0.1) is 0 Å². The molecule has 1 heterocycles. The van der Waals surface area contributed by atoms with Crippen LogP contribution in [0.3, 0.4) is 0 Å². The van der Waals surface area contributed by atoms with Crippen molar-refractivity contribution in [3.05, 3.63) is 88.9 Å². The average molecular weight is 580 g/mol. The van der Waals surface area contributed by atoms with Crippen molar-refractivity contribution in [3.8, 4) is 0 Å². The fourth-order valence-corrected chi connectivity index (χ4v) is 6.25. The molecule has 6 nitrogen and oxygen atoms in total. The second-order valence-electron chi connectivity index (χ2n) is 9.42. The number of rotatable bonds is 8. The number of nitrogens with one attached hydrogen (secondary N) is 1. The van der Waals surface area contributed by atoms with Gasteiger partial charge in [-0.2, -0.15) is 13.2 Å². The first-order valence-corrected chi connectivity index (χ1v) is 14.4. The van der Waals surface area contributed by atoms with E-state index >= 15 is 0 Å². The molecule has 1 atom stereocenters. The Labute approximate surface area is 231 Å². The van der Waals surface area contributed by atoms with Crippen LogP contribution in [0.2, 0.25) is 5.02 Å². The molecule has 1 unspecified atom stereocenters. The lowest BCUT2D eigenvalue weighted by atomic mass is 10.1. The number of carbonyl (C=O) groups is 1. The third-order valence-corrected chi connectivity index (χ3v) is 8.75. The van der Waals surface area contributed by atoms with E-state index in [0.717, 1.165) is 49.3 Å². The van der Waals surface area contributed by atoms with Crippen LogP contribution in [-0.2, 0) is 21.0 Å². The fourth-order valence-electron chi connectivity index (χ4n) is 4.53. The standard InChI is InChI=1S/C28H29ClF3N3O3S/c1-20(21-10-13-23(14-11-21)34-16-6-3-7-17-34)33-27(36)19-35(39(37,38)24-8-4-2-5-9-24)26-18-22(28(30,31)32)12-15-25(26)29/h2,4-5,8-15,18,20H,3,6-7,16-17,19H2,1H3,(H,33,36). The topological polar surface area (TPSA) is 69.7 Å². The Kier molecular flexibility index (Phi) is 8.76. The molecule has 1 saturated heterocycles. The van der Waals surface area contributed by atoms with Crippen molar-refractivity contribution in [1.82, 2.24) is 5.32 Å². The zero-order chi connectivity index (χ0) is 28.2. The van der Waals surface area contributed by atoms with Gasteiger partial charge in [-0.1, -0.05) is 41.9 Å². The van der Waals surface area contributed by atoms with Crippen molar-refractivity contribution in [2.24, 2.45) is 0 Å². The molecule has 0 saturated carbocycles. The highest BCUT2D eigenvalue weighted by atomic mass is 35.5. The van der Waals surface area contributed by atoms with Gasteiger partial charge in [0.05, 0.1) is 27.2 Å². The van der Waals surface area contributed by atoms with Gasteiger partial charge in [-0.3, -0.25) is 9.10 Å². The van der Waals surface area contributed by atoms with Crippen LogP contribution < -0.4 is 14.5 Å². The third-order valence-electron chi connectivity index (χ3n) is 6.65. The highest BCUT2D eigenvalue weighted by Crippen LogP contribution is 2.37. The Hall–Kier alpha value is -3.24. The van der Waals surface area contributed by atoms with Gasteiger partial charge >= 0.3 is 6.18 Å². The van der Waals surface area contributed by atoms with Gasteiger partial charge in [0.2, 0.25) is 5.91 Å². The summed E-state index contributed by atoms with van der Waals surface area (Å²) in [5.74, 6) is -0.699. The molecule has 1 fully saturated rings. The molecule has 1 amide bonds. The molecule has 0 bridgehead atoms. The second kappa shape index (κ2) is 11.9. The van der Waals surface area contributed by atoms with E-state index < -0.39 is 45.9 Å². The number of alkyl halides is 3. The molecule has 11 heteroatoms. The van der Waals surface area contributed by atoms with E-state index in [-0.39, 0.29) is 9.92 Å². The molecular weight excluding hydrogens is 551 g/mol. The lowest BCUT2D eigenvalue weighted by molar-refractivity contribution is -0.137. The molecule has 3 aromatic carbocycles. The van der Waals surface area contributed by atoms with E-state index in [4.69, 9.17) is 11.6 Å². The molecule has 0 radical (unpaired) electrons. The van der Waals surface area contributed by atoms with Crippen LogP contribution in [0.4, 0.5) is 24.5 Å². The Morgan fingerprint density at radius 3 is 2.26 bits per heavy atom. The minimum Gasteiger partial charge on any atom is -0.372 e. The number of halogens is 4. The number of amides is 1. The van der Waals surface area contributed by atoms with E-state index in [1.165, 1.54) is 30.7 Å². The number of hydrogen-bond donors (Lipinski definition) is 1.